The number of hydrogen-bond acceptors (Lipinski definition) is 4. The Bertz CT molecular complexity index is 678. The lowest BCUT2D eigenvalue weighted by atomic mass is 10.1. The van der Waals surface area contributed by atoms with E-state index in [1.54, 1.807) is 6.20 Å². The molecule has 1 aromatic carbocycles. The number of pyridine rings is 1. The first-order valence-corrected chi connectivity index (χ1v) is 8.27. The van der Waals surface area contributed by atoms with Gasteiger partial charge in [-0.2, -0.15) is 0 Å². The molecule has 1 N–H and O–H groups in total. The molecule has 100 valence electrons. The Morgan fingerprint density at radius 1 is 1.11 bits per heavy atom. The predicted molar refractivity (Wildman–Crippen MR) is 77.0 cm³/mol. The third kappa shape index (κ3) is 2.71. The number of sulfone groups is 1. The zero-order valence-electron chi connectivity index (χ0n) is 10.5. The van der Waals surface area contributed by atoms with Gasteiger partial charge in [0.2, 0.25) is 0 Å². The highest BCUT2D eigenvalue weighted by atomic mass is 32.2. The van der Waals surface area contributed by atoms with Crippen LogP contribution in [-0.4, -0.2) is 30.9 Å². The maximum absolute atomic E-state index is 11.4. The lowest BCUT2D eigenvalue weighted by molar-refractivity contribution is 0.560. The van der Waals surface area contributed by atoms with Crippen LogP contribution in [0.5, 0.6) is 0 Å². The Morgan fingerprint density at radius 3 is 2.63 bits per heavy atom. The van der Waals surface area contributed by atoms with Crippen LogP contribution in [0.2, 0.25) is 0 Å². The number of hydrogen-bond donors (Lipinski definition) is 1. The predicted octanol–water partition coefficient (Wildman–Crippen LogP) is 2.22. The highest BCUT2D eigenvalue weighted by Gasteiger charge is 2.23. The van der Waals surface area contributed by atoms with Crippen LogP contribution in [0, 0.1) is 0 Å². The molecular formula is C14H16N2O2S. The summed E-state index contributed by atoms with van der Waals surface area (Å²) >= 11 is 0. The summed E-state index contributed by atoms with van der Waals surface area (Å²) in [6, 6.07) is 10.2. The van der Waals surface area contributed by atoms with Crippen LogP contribution in [0.15, 0.2) is 36.5 Å². The van der Waals surface area contributed by atoms with E-state index in [9.17, 15) is 8.42 Å². The first kappa shape index (κ1) is 12.4. The number of benzene rings is 1. The Hall–Kier alpha value is -1.62. The van der Waals surface area contributed by atoms with E-state index < -0.39 is 9.84 Å². The van der Waals surface area contributed by atoms with Crippen molar-refractivity contribution in [2.24, 2.45) is 0 Å². The van der Waals surface area contributed by atoms with Gasteiger partial charge in [0.15, 0.2) is 0 Å². The van der Waals surface area contributed by atoms with Crippen molar-refractivity contribution in [3.05, 3.63) is 36.5 Å². The fourth-order valence-corrected chi connectivity index (χ4v) is 3.97. The van der Waals surface area contributed by atoms with Crippen molar-refractivity contribution in [3.63, 3.8) is 0 Å². The van der Waals surface area contributed by atoms with Gasteiger partial charge in [0.1, 0.15) is 9.84 Å². The molecular weight excluding hydrogens is 260 g/mol. The molecule has 2 heterocycles. The van der Waals surface area contributed by atoms with Gasteiger partial charge in [-0.15, -0.1) is 0 Å². The third-order valence-electron chi connectivity index (χ3n) is 3.55. The monoisotopic (exact) mass is 276 g/mol. The summed E-state index contributed by atoms with van der Waals surface area (Å²) in [7, 11) is -2.81. The van der Waals surface area contributed by atoms with E-state index in [1.807, 2.05) is 30.3 Å². The second-order valence-corrected chi connectivity index (χ2v) is 7.25. The Kier molecular flexibility index (Phi) is 3.14. The maximum atomic E-state index is 11.4. The van der Waals surface area contributed by atoms with Crippen molar-refractivity contribution in [2.75, 3.05) is 16.8 Å². The van der Waals surface area contributed by atoms with Crippen LogP contribution in [0.25, 0.3) is 10.9 Å². The number of para-hydroxylation sites is 1. The molecule has 1 aliphatic heterocycles. The summed E-state index contributed by atoms with van der Waals surface area (Å²) in [5.41, 5.74) is 1.93. The molecule has 0 unspecified atom stereocenters. The standard InChI is InChI=1S/C14H16N2O2S/c17-19(18)9-6-12(7-10-19)16-13-5-1-3-11-4-2-8-15-14(11)13/h1-5,8,12,16H,6-7,9-10H2. The Morgan fingerprint density at radius 2 is 1.84 bits per heavy atom. The van der Waals surface area contributed by atoms with Crippen LogP contribution >= 0.6 is 0 Å². The fraction of sp³-hybridized carbons (Fsp3) is 0.357. The molecule has 1 aromatic heterocycles. The second-order valence-electron chi connectivity index (χ2n) is 4.95. The van der Waals surface area contributed by atoms with Gasteiger partial charge in [0, 0.05) is 17.6 Å². The van der Waals surface area contributed by atoms with E-state index in [4.69, 9.17) is 0 Å². The van der Waals surface area contributed by atoms with Gasteiger partial charge in [-0.05, 0) is 25.0 Å². The van der Waals surface area contributed by atoms with E-state index in [0.29, 0.717) is 12.8 Å². The largest absolute Gasteiger partial charge is 0.380 e. The summed E-state index contributed by atoms with van der Waals surface area (Å²) < 4.78 is 22.8. The average molecular weight is 276 g/mol. The molecule has 0 aliphatic carbocycles. The molecule has 19 heavy (non-hydrogen) atoms. The van der Waals surface area contributed by atoms with E-state index in [-0.39, 0.29) is 17.5 Å². The summed E-state index contributed by atoms with van der Waals surface area (Å²) in [5, 5.41) is 4.53. The molecule has 1 fully saturated rings. The SMILES string of the molecule is O=S1(=O)CCC(Nc2cccc3cccnc23)CC1. The smallest absolute Gasteiger partial charge is 0.150 e. The molecule has 0 bridgehead atoms. The molecule has 0 saturated carbocycles. The molecule has 0 amide bonds. The summed E-state index contributed by atoms with van der Waals surface area (Å²) in [4.78, 5) is 4.39. The molecule has 1 aliphatic rings. The van der Waals surface area contributed by atoms with Crippen molar-refractivity contribution in [1.82, 2.24) is 4.98 Å². The maximum Gasteiger partial charge on any atom is 0.150 e. The Labute approximate surface area is 112 Å². The van der Waals surface area contributed by atoms with Gasteiger partial charge in [-0.1, -0.05) is 18.2 Å². The zero-order chi connectivity index (χ0) is 13.3. The minimum absolute atomic E-state index is 0.219. The average Bonchev–Trinajstić information content (AvgIpc) is 2.42. The summed E-state index contributed by atoms with van der Waals surface area (Å²) in [6.07, 6.45) is 3.12. The van der Waals surface area contributed by atoms with Crippen LogP contribution in [0.4, 0.5) is 5.69 Å². The van der Waals surface area contributed by atoms with Gasteiger partial charge in [-0.3, -0.25) is 4.98 Å². The number of fused-ring (bicyclic) bond motifs is 1. The minimum atomic E-state index is -2.81. The molecule has 0 radical (unpaired) electrons. The molecule has 2 aromatic rings. The van der Waals surface area contributed by atoms with Crippen LogP contribution in [0.1, 0.15) is 12.8 Å². The van der Waals surface area contributed by atoms with E-state index in [1.165, 1.54) is 0 Å². The van der Waals surface area contributed by atoms with Gasteiger partial charge < -0.3 is 5.32 Å². The van der Waals surface area contributed by atoms with Crippen LogP contribution in [-0.2, 0) is 9.84 Å². The van der Waals surface area contributed by atoms with E-state index in [2.05, 4.69) is 10.3 Å². The number of nitrogens with zero attached hydrogens (tertiary/aromatic N) is 1. The molecule has 1 saturated heterocycles. The first-order valence-electron chi connectivity index (χ1n) is 6.45. The number of rotatable bonds is 2. The van der Waals surface area contributed by atoms with Gasteiger partial charge in [0.05, 0.1) is 22.7 Å². The number of anilines is 1. The molecule has 5 heteroatoms. The van der Waals surface area contributed by atoms with Crippen molar-refractivity contribution in [1.29, 1.82) is 0 Å². The van der Waals surface area contributed by atoms with E-state index >= 15 is 0 Å². The summed E-state index contributed by atoms with van der Waals surface area (Å²) in [5.74, 6) is 0.561. The molecule has 0 atom stereocenters. The number of aromatic nitrogens is 1. The lowest BCUT2D eigenvalue weighted by Crippen LogP contribution is -2.32. The Balaban J connectivity index is 1.83. The molecule has 3 rings (SSSR count). The van der Waals surface area contributed by atoms with E-state index in [0.717, 1.165) is 16.6 Å². The quantitative estimate of drug-likeness (QED) is 0.913. The van der Waals surface area contributed by atoms with Gasteiger partial charge >= 0.3 is 0 Å². The minimum Gasteiger partial charge on any atom is -0.380 e. The first-order chi connectivity index (χ1) is 9.14. The lowest BCUT2D eigenvalue weighted by Gasteiger charge is -2.24. The van der Waals surface area contributed by atoms with Crippen LogP contribution in [0.3, 0.4) is 0 Å². The highest BCUT2D eigenvalue weighted by molar-refractivity contribution is 7.91. The van der Waals surface area contributed by atoms with Crippen molar-refractivity contribution >= 4 is 26.4 Å². The van der Waals surface area contributed by atoms with Crippen molar-refractivity contribution in [3.8, 4) is 0 Å². The molecule has 4 nitrogen and oxygen atoms in total. The van der Waals surface area contributed by atoms with Crippen LogP contribution < -0.4 is 5.32 Å². The molecule has 0 spiro atoms. The topological polar surface area (TPSA) is 59.1 Å². The summed E-state index contributed by atoms with van der Waals surface area (Å²) in [6.45, 7) is 0. The number of nitrogens with one attached hydrogen (secondary N) is 1. The highest BCUT2D eigenvalue weighted by Crippen LogP contribution is 2.24. The van der Waals surface area contributed by atoms with Crippen molar-refractivity contribution in [2.45, 2.75) is 18.9 Å². The van der Waals surface area contributed by atoms with Gasteiger partial charge in [-0.25, -0.2) is 8.42 Å². The third-order valence-corrected chi connectivity index (χ3v) is 5.26. The van der Waals surface area contributed by atoms with Gasteiger partial charge in [0.25, 0.3) is 0 Å². The van der Waals surface area contributed by atoms with Crippen molar-refractivity contribution < 1.29 is 8.42 Å². The normalized spacial score (nSPS) is 19.4. The zero-order valence-corrected chi connectivity index (χ0v) is 11.4. The fourth-order valence-electron chi connectivity index (χ4n) is 2.47. The second kappa shape index (κ2) is 4.81.